The summed E-state index contributed by atoms with van der Waals surface area (Å²) in [4.78, 5) is 9.84. The molecule has 3 aromatic rings. The zero-order chi connectivity index (χ0) is 14.4. The highest BCUT2D eigenvalue weighted by Gasteiger charge is 1.97. The van der Waals surface area contributed by atoms with Crippen LogP contribution in [-0.2, 0) is 9.53 Å². The van der Waals surface area contributed by atoms with Crippen LogP contribution >= 0.6 is 8.19 Å². The van der Waals surface area contributed by atoms with Gasteiger partial charge in [0.15, 0.2) is 0 Å². The van der Waals surface area contributed by atoms with Crippen molar-refractivity contribution in [2.75, 3.05) is 7.11 Å². The molecule has 3 rings (SSSR count). The van der Waals surface area contributed by atoms with Gasteiger partial charge in [-0.2, -0.15) is 0 Å². The van der Waals surface area contributed by atoms with Crippen molar-refractivity contribution in [2.24, 2.45) is 0 Å². The Morgan fingerprint density at radius 1 is 1.10 bits per heavy atom. The van der Waals surface area contributed by atoms with Gasteiger partial charge in [-0.25, -0.2) is 4.79 Å². The maximum absolute atomic E-state index is 9.84. The Balaban J connectivity index is 0.000000212. The first-order valence-corrected chi connectivity index (χ1v) is 7.15. The van der Waals surface area contributed by atoms with Crippen molar-refractivity contribution in [1.82, 2.24) is 0 Å². The zero-order valence-corrected chi connectivity index (χ0v) is 12.1. The summed E-state index contributed by atoms with van der Waals surface area (Å²) in [5, 5.41) is 5.48. The molecule has 1 aromatic heterocycles. The molecule has 0 saturated heterocycles. The van der Waals surface area contributed by atoms with Gasteiger partial charge in [0.05, 0.1) is 7.11 Å². The molecular weight excluding hydrogens is 267 g/mol. The fraction of sp³-hybridized carbons (Fsp3) is 0.0588. The van der Waals surface area contributed by atoms with Crippen molar-refractivity contribution in [1.29, 1.82) is 0 Å². The van der Waals surface area contributed by atoms with Crippen molar-refractivity contribution in [2.45, 2.75) is 0 Å². The van der Waals surface area contributed by atoms with Gasteiger partial charge in [-0.05, 0) is 28.0 Å². The van der Waals surface area contributed by atoms with Crippen LogP contribution in [0.25, 0.3) is 21.3 Å². The summed E-state index contributed by atoms with van der Waals surface area (Å²) in [7, 11) is 2.62. The van der Waals surface area contributed by atoms with Gasteiger partial charge in [0, 0.05) is 11.2 Å². The summed E-state index contributed by atoms with van der Waals surface area (Å²) >= 11 is 0. The minimum Gasteiger partial charge on any atom is -0.466 e. The van der Waals surface area contributed by atoms with E-state index in [-0.39, 0.29) is 0 Å². The lowest BCUT2D eigenvalue weighted by Crippen LogP contribution is -1.91. The number of hydrogen-bond donors (Lipinski definition) is 0. The minimum absolute atomic E-state index is 0.394. The average molecular weight is 282 g/mol. The van der Waals surface area contributed by atoms with E-state index in [1.54, 1.807) is 0 Å². The van der Waals surface area contributed by atoms with E-state index in [4.69, 9.17) is 0 Å². The Hall–Kier alpha value is -2.18. The van der Waals surface area contributed by atoms with E-state index in [9.17, 15) is 4.79 Å². The second-order valence-corrected chi connectivity index (χ2v) is 5.12. The average Bonchev–Trinajstić information content (AvgIpc) is 2.54. The van der Waals surface area contributed by atoms with Crippen molar-refractivity contribution < 1.29 is 9.53 Å². The molecule has 0 aliphatic carbocycles. The molecule has 0 fully saturated rings. The highest BCUT2D eigenvalue weighted by Crippen LogP contribution is 2.29. The van der Waals surface area contributed by atoms with Crippen molar-refractivity contribution in [3.8, 4) is 0 Å². The third-order valence-electron chi connectivity index (χ3n) is 2.88. The summed E-state index contributed by atoms with van der Waals surface area (Å²) in [6, 6.07) is 17.3. The smallest absolute Gasteiger partial charge is 0.329 e. The van der Waals surface area contributed by atoms with E-state index in [1.165, 1.54) is 36.6 Å². The Labute approximate surface area is 119 Å². The van der Waals surface area contributed by atoms with E-state index in [0.717, 1.165) is 6.08 Å². The number of hydrogen-bond acceptors (Lipinski definition) is 2. The summed E-state index contributed by atoms with van der Waals surface area (Å²) in [6.45, 7) is 3.16. The fourth-order valence-electron chi connectivity index (χ4n) is 1.92. The number of ether oxygens (including phenoxy) is 1. The SMILES string of the molecule is C=CC(=O)OC.c1ccc2c(c1)ccc1pcccc12. The predicted octanol–water partition coefficient (Wildman–Crippen LogP) is 4.92. The standard InChI is InChI=1S/C13H9P.C4H6O2/c1-2-5-11-10(4-1)7-8-13-12(11)6-3-9-14-13;1-3-4(5)6-2/h1-9H;3H,1H2,2H3. The molecule has 0 bridgehead atoms. The van der Waals surface area contributed by atoms with E-state index in [1.807, 2.05) is 0 Å². The Morgan fingerprint density at radius 2 is 1.85 bits per heavy atom. The lowest BCUT2D eigenvalue weighted by molar-refractivity contribution is -0.134. The van der Waals surface area contributed by atoms with Crippen LogP contribution in [0.4, 0.5) is 0 Å². The van der Waals surface area contributed by atoms with E-state index >= 15 is 0 Å². The number of carbonyl (C=O) groups is 1. The molecule has 0 amide bonds. The maximum atomic E-state index is 9.84. The summed E-state index contributed by atoms with van der Waals surface area (Å²) in [6.07, 6.45) is 1.11. The molecule has 20 heavy (non-hydrogen) atoms. The number of methoxy groups -OCH3 is 1. The van der Waals surface area contributed by atoms with E-state index < -0.39 is 5.97 Å². The quantitative estimate of drug-likeness (QED) is 0.360. The third-order valence-corrected chi connectivity index (χ3v) is 3.87. The van der Waals surface area contributed by atoms with Gasteiger partial charge < -0.3 is 4.74 Å². The fourth-order valence-corrected chi connectivity index (χ4v) is 2.75. The molecule has 0 radical (unpaired) electrons. The van der Waals surface area contributed by atoms with E-state index in [0.29, 0.717) is 0 Å². The lowest BCUT2D eigenvalue weighted by Gasteiger charge is -2.01. The zero-order valence-electron chi connectivity index (χ0n) is 11.2. The van der Waals surface area contributed by atoms with Crippen LogP contribution < -0.4 is 0 Å². The first-order valence-electron chi connectivity index (χ1n) is 6.19. The molecule has 2 aromatic carbocycles. The number of fused-ring (bicyclic) bond motifs is 3. The normalized spacial score (nSPS) is 10.1. The molecule has 1 heterocycles. The molecule has 2 nitrogen and oxygen atoms in total. The second-order valence-electron chi connectivity index (χ2n) is 4.08. The first kappa shape index (κ1) is 14.2. The number of carbonyl (C=O) groups excluding carboxylic acids is 1. The monoisotopic (exact) mass is 282 g/mol. The number of esters is 1. The topological polar surface area (TPSA) is 26.3 Å². The molecule has 0 unspecified atom stereocenters. The minimum atomic E-state index is -0.394. The third kappa shape index (κ3) is 3.23. The molecule has 0 atom stereocenters. The molecule has 0 aliphatic rings. The Bertz CT molecular complexity index is 695. The molecule has 0 aliphatic heterocycles. The largest absolute Gasteiger partial charge is 0.466 e. The molecule has 3 heteroatoms. The van der Waals surface area contributed by atoms with Gasteiger partial charge >= 0.3 is 5.97 Å². The van der Waals surface area contributed by atoms with Crippen LogP contribution in [-0.4, -0.2) is 13.1 Å². The van der Waals surface area contributed by atoms with Crippen molar-refractivity contribution in [3.63, 3.8) is 0 Å². The molecule has 0 spiro atoms. The second kappa shape index (κ2) is 6.83. The number of benzene rings is 2. The van der Waals surface area contributed by atoms with Crippen LogP contribution in [0.15, 0.2) is 67.0 Å². The van der Waals surface area contributed by atoms with Crippen LogP contribution in [0, 0.1) is 0 Å². The van der Waals surface area contributed by atoms with Crippen molar-refractivity contribution >= 4 is 35.4 Å². The van der Waals surface area contributed by atoms with Gasteiger partial charge in [0.2, 0.25) is 0 Å². The molecule has 0 N–H and O–H groups in total. The van der Waals surface area contributed by atoms with E-state index in [2.05, 4.69) is 65.6 Å². The summed E-state index contributed by atoms with van der Waals surface area (Å²) < 4.78 is 4.14. The van der Waals surface area contributed by atoms with Crippen LogP contribution in [0.2, 0.25) is 0 Å². The first-order chi connectivity index (χ1) is 9.76. The molecule has 0 saturated carbocycles. The Kier molecular flexibility index (Phi) is 4.86. The highest BCUT2D eigenvalue weighted by molar-refractivity contribution is 7.36. The van der Waals surface area contributed by atoms with Gasteiger partial charge in [-0.15, -0.1) is 0 Å². The maximum Gasteiger partial charge on any atom is 0.329 e. The Morgan fingerprint density at radius 3 is 2.55 bits per heavy atom. The van der Waals surface area contributed by atoms with Crippen LogP contribution in [0.1, 0.15) is 0 Å². The molecular formula is C17H15O2P. The van der Waals surface area contributed by atoms with Gasteiger partial charge in [-0.1, -0.05) is 57.2 Å². The van der Waals surface area contributed by atoms with Gasteiger partial charge in [0.25, 0.3) is 0 Å². The van der Waals surface area contributed by atoms with Crippen molar-refractivity contribution in [3.05, 3.63) is 67.0 Å². The summed E-state index contributed by atoms with van der Waals surface area (Å²) in [5.74, 6) is 1.78. The predicted molar refractivity (Wildman–Crippen MR) is 86.2 cm³/mol. The molecule has 100 valence electrons. The van der Waals surface area contributed by atoms with Crippen LogP contribution in [0.3, 0.4) is 0 Å². The lowest BCUT2D eigenvalue weighted by atomic mass is 10.1. The van der Waals surface area contributed by atoms with Crippen LogP contribution in [0.5, 0.6) is 0 Å². The number of rotatable bonds is 1. The van der Waals surface area contributed by atoms with Gasteiger partial charge in [0.1, 0.15) is 0 Å². The van der Waals surface area contributed by atoms with Gasteiger partial charge in [-0.3, -0.25) is 0 Å². The summed E-state index contributed by atoms with van der Waals surface area (Å²) in [5.41, 5.74) is 0. The highest BCUT2D eigenvalue weighted by atomic mass is 31.0.